The van der Waals surface area contributed by atoms with Crippen molar-refractivity contribution in [3.8, 4) is 5.75 Å². The molecule has 0 spiro atoms. The Hall–Kier alpha value is -0.970. The first kappa shape index (κ1) is 17.1. The van der Waals surface area contributed by atoms with Crippen molar-refractivity contribution in [2.24, 2.45) is 5.92 Å². The zero-order valence-corrected chi connectivity index (χ0v) is 13.2. The summed E-state index contributed by atoms with van der Waals surface area (Å²) in [4.78, 5) is 11.8. The minimum absolute atomic E-state index is 0.0777. The molecule has 1 aromatic rings. The molecular weight excluding hydrogens is 301 g/mol. The topological polar surface area (TPSA) is 58.6 Å². The molecule has 0 aromatic heterocycles. The third-order valence-corrected chi connectivity index (χ3v) is 3.65. The van der Waals surface area contributed by atoms with Gasteiger partial charge in [0, 0.05) is 6.54 Å². The van der Waals surface area contributed by atoms with Crippen molar-refractivity contribution in [1.29, 1.82) is 0 Å². The Balaban J connectivity index is 2.56. The number of carbonyl (C=O) groups excluding carboxylic acids is 1. The highest BCUT2D eigenvalue weighted by Crippen LogP contribution is 2.32. The van der Waals surface area contributed by atoms with Gasteiger partial charge in [0.2, 0.25) is 0 Å². The lowest BCUT2D eigenvalue weighted by atomic mass is 10.1. The molecule has 1 amide bonds. The molecule has 4 nitrogen and oxygen atoms in total. The van der Waals surface area contributed by atoms with E-state index >= 15 is 0 Å². The van der Waals surface area contributed by atoms with Crippen LogP contribution in [0.25, 0.3) is 0 Å². The van der Waals surface area contributed by atoms with Gasteiger partial charge in [-0.3, -0.25) is 4.79 Å². The lowest BCUT2D eigenvalue weighted by Gasteiger charge is -2.19. The highest BCUT2D eigenvalue weighted by Gasteiger charge is 2.18. The van der Waals surface area contributed by atoms with Gasteiger partial charge in [-0.25, -0.2) is 0 Å². The zero-order chi connectivity index (χ0) is 15.3. The van der Waals surface area contributed by atoms with E-state index in [9.17, 15) is 9.90 Å². The molecule has 20 heavy (non-hydrogen) atoms. The number of benzene rings is 1. The summed E-state index contributed by atoms with van der Waals surface area (Å²) in [6.07, 6.45) is -1.31. The number of carbonyl (C=O) groups is 1. The fourth-order valence-electron chi connectivity index (χ4n) is 1.40. The van der Waals surface area contributed by atoms with Crippen molar-refractivity contribution in [3.05, 3.63) is 28.2 Å². The van der Waals surface area contributed by atoms with Crippen molar-refractivity contribution in [2.75, 3.05) is 6.54 Å². The minimum Gasteiger partial charge on any atom is -0.479 e. The Labute approximate surface area is 129 Å². The largest absolute Gasteiger partial charge is 0.479 e. The molecule has 0 aliphatic heterocycles. The fourth-order valence-corrected chi connectivity index (χ4v) is 1.74. The molecule has 0 saturated heterocycles. The number of amides is 1. The molecule has 6 heteroatoms. The first-order chi connectivity index (χ1) is 9.32. The van der Waals surface area contributed by atoms with Gasteiger partial charge in [-0.1, -0.05) is 43.1 Å². The molecular formula is C14H19Cl2NO3. The molecule has 0 heterocycles. The third kappa shape index (κ3) is 4.85. The van der Waals surface area contributed by atoms with Crippen molar-refractivity contribution in [1.82, 2.24) is 5.32 Å². The quantitative estimate of drug-likeness (QED) is 0.847. The van der Waals surface area contributed by atoms with Crippen LogP contribution in [0.2, 0.25) is 10.0 Å². The van der Waals surface area contributed by atoms with E-state index in [4.69, 9.17) is 27.9 Å². The van der Waals surface area contributed by atoms with Crippen molar-refractivity contribution >= 4 is 29.1 Å². The zero-order valence-electron chi connectivity index (χ0n) is 11.7. The highest BCUT2D eigenvalue weighted by atomic mass is 35.5. The SMILES string of the molecule is CC(Oc1cccc(Cl)c1Cl)C(=O)NCC(O)C(C)C. The average Bonchev–Trinajstić information content (AvgIpc) is 2.40. The molecule has 0 bridgehead atoms. The Bertz CT molecular complexity index is 466. The van der Waals surface area contributed by atoms with Crippen molar-refractivity contribution < 1.29 is 14.6 Å². The van der Waals surface area contributed by atoms with Crippen LogP contribution in [0, 0.1) is 5.92 Å². The summed E-state index contributed by atoms with van der Waals surface area (Å²) in [5.41, 5.74) is 0. The maximum Gasteiger partial charge on any atom is 0.260 e. The van der Waals surface area contributed by atoms with Gasteiger partial charge in [0.15, 0.2) is 6.10 Å². The van der Waals surface area contributed by atoms with E-state index in [1.165, 1.54) is 0 Å². The van der Waals surface area contributed by atoms with Crippen LogP contribution >= 0.6 is 23.2 Å². The summed E-state index contributed by atoms with van der Waals surface area (Å²) < 4.78 is 5.47. The smallest absolute Gasteiger partial charge is 0.260 e. The van der Waals surface area contributed by atoms with E-state index in [1.54, 1.807) is 25.1 Å². The fraction of sp³-hybridized carbons (Fsp3) is 0.500. The standard InChI is InChI=1S/C14H19Cl2NO3/c1-8(2)11(18)7-17-14(19)9(3)20-12-6-4-5-10(15)13(12)16/h4-6,8-9,11,18H,7H2,1-3H3,(H,17,19). The third-order valence-electron chi connectivity index (χ3n) is 2.84. The van der Waals surface area contributed by atoms with Crippen molar-refractivity contribution in [3.63, 3.8) is 0 Å². The second-order valence-electron chi connectivity index (χ2n) is 4.87. The molecule has 0 aliphatic rings. The van der Waals surface area contributed by atoms with Gasteiger partial charge in [0.1, 0.15) is 10.8 Å². The summed E-state index contributed by atoms with van der Waals surface area (Å²) >= 11 is 11.9. The number of hydrogen-bond donors (Lipinski definition) is 2. The molecule has 1 aromatic carbocycles. The van der Waals surface area contributed by atoms with Crippen LogP contribution in [0.5, 0.6) is 5.75 Å². The predicted octanol–water partition coefficient (Wildman–Crippen LogP) is 2.89. The van der Waals surface area contributed by atoms with Gasteiger partial charge >= 0.3 is 0 Å². The second-order valence-corrected chi connectivity index (χ2v) is 5.65. The number of rotatable bonds is 6. The molecule has 2 atom stereocenters. The normalized spacial score (nSPS) is 13.9. The maximum atomic E-state index is 11.8. The molecule has 1 rings (SSSR count). The molecule has 0 saturated carbocycles. The summed E-state index contributed by atoms with van der Waals surface area (Å²) in [6, 6.07) is 4.97. The number of aliphatic hydroxyl groups is 1. The van der Waals surface area contributed by atoms with Crippen LogP contribution in [-0.2, 0) is 4.79 Å². The van der Waals surface area contributed by atoms with Gasteiger partial charge in [0.25, 0.3) is 5.91 Å². The monoisotopic (exact) mass is 319 g/mol. The van der Waals surface area contributed by atoms with Crippen LogP contribution in [0.1, 0.15) is 20.8 Å². The Morgan fingerprint density at radius 1 is 1.35 bits per heavy atom. The van der Waals surface area contributed by atoms with Crippen LogP contribution in [0.4, 0.5) is 0 Å². The van der Waals surface area contributed by atoms with Gasteiger partial charge in [0.05, 0.1) is 11.1 Å². The first-order valence-corrected chi connectivity index (χ1v) is 7.15. The highest BCUT2D eigenvalue weighted by molar-refractivity contribution is 6.42. The summed E-state index contributed by atoms with van der Waals surface area (Å²) in [5.74, 6) is 0.112. The van der Waals surface area contributed by atoms with Crippen LogP contribution in [0.15, 0.2) is 18.2 Å². The summed E-state index contributed by atoms with van der Waals surface area (Å²) in [5, 5.41) is 12.9. The lowest BCUT2D eigenvalue weighted by molar-refractivity contribution is -0.127. The molecule has 0 radical (unpaired) electrons. The van der Waals surface area contributed by atoms with E-state index in [-0.39, 0.29) is 23.4 Å². The summed E-state index contributed by atoms with van der Waals surface area (Å²) in [7, 11) is 0. The van der Waals surface area contributed by atoms with Gasteiger partial charge in [-0.05, 0) is 25.0 Å². The molecule has 2 unspecified atom stereocenters. The van der Waals surface area contributed by atoms with E-state index < -0.39 is 12.2 Å². The number of ether oxygens (including phenoxy) is 1. The van der Waals surface area contributed by atoms with E-state index in [0.29, 0.717) is 10.8 Å². The average molecular weight is 320 g/mol. The predicted molar refractivity (Wildman–Crippen MR) is 80.4 cm³/mol. The van der Waals surface area contributed by atoms with Gasteiger partial charge in [-0.2, -0.15) is 0 Å². The Morgan fingerprint density at radius 3 is 2.60 bits per heavy atom. The Morgan fingerprint density at radius 2 is 2.00 bits per heavy atom. The second kappa shape index (κ2) is 7.72. The number of nitrogens with one attached hydrogen (secondary N) is 1. The van der Waals surface area contributed by atoms with Crippen LogP contribution in [0.3, 0.4) is 0 Å². The maximum absolute atomic E-state index is 11.8. The molecule has 2 N–H and O–H groups in total. The van der Waals surface area contributed by atoms with Gasteiger partial charge < -0.3 is 15.2 Å². The van der Waals surface area contributed by atoms with E-state index in [1.807, 2.05) is 13.8 Å². The van der Waals surface area contributed by atoms with Crippen molar-refractivity contribution in [2.45, 2.75) is 33.0 Å². The first-order valence-electron chi connectivity index (χ1n) is 6.39. The van der Waals surface area contributed by atoms with Crippen LogP contribution < -0.4 is 10.1 Å². The number of hydrogen-bond acceptors (Lipinski definition) is 3. The van der Waals surface area contributed by atoms with E-state index in [2.05, 4.69) is 5.32 Å². The minimum atomic E-state index is -0.731. The van der Waals surface area contributed by atoms with Crippen LogP contribution in [-0.4, -0.2) is 29.8 Å². The molecule has 112 valence electrons. The Kier molecular flexibility index (Phi) is 6.59. The van der Waals surface area contributed by atoms with E-state index in [0.717, 1.165) is 0 Å². The number of aliphatic hydroxyl groups excluding tert-OH is 1. The lowest BCUT2D eigenvalue weighted by Crippen LogP contribution is -2.41. The summed E-state index contributed by atoms with van der Waals surface area (Å²) in [6.45, 7) is 5.55. The van der Waals surface area contributed by atoms with Gasteiger partial charge in [-0.15, -0.1) is 0 Å². The molecule has 0 fully saturated rings. The number of halogens is 2. The molecule has 0 aliphatic carbocycles.